The first-order valence-electron chi connectivity index (χ1n) is 5.12. The Hall–Kier alpha value is -0.560. The molecule has 2 rings (SSSR count). The number of nitrogens with two attached hydrogens (primary N) is 1. The van der Waals surface area contributed by atoms with E-state index in [0.717, 1.165) is 8.68 Å². The van der Waals surface area contributed by atoms with Gasteiger partial charge in [-0.1, -0.05) is 65.2 Å². The Morgan fingerprint density at radius 1 is 1.24 bits per heavy atom. The van der Waals surface area contributed by atoms with Crippen LogP contribution in [-0.4, -0.2) is 23.0 Å². The molecule has 6 heteroatoms. The van der Waals surface area contributed by atoms with Crippen LogP contribution in [0.1, 0.15) is 10.8 Å². The van der Waals surface area contributed by atoms with E-state index in [4.69, 9.17) is 5.73 Å². The monoisotopic (exact) mass is 283 g/mol. The van der Waals surface area contributed by atoms with Gasteiger partial charge in [0.05, 0.1) is 0 Å². The number of benzene rings is 1. The molecular formula is C11H13N3S3. The lowest BCUT2D eigenvalue weighted by atomic mass is 10.1. The standard InChI is InChI=1S/C11H13N3S3/c1-15-10-13-14-11(17-10)16-9(7-12)8-5-3-2-4-6-8/h2-6,9H,7,12H2,1H3. The molecule has 17 heavy (non-hydrogen) atoms. The maximum atomic E-state index is 5.82. The predicted octanol–water partition coefficient (Wildman–Crippen LogP) is 3.05. The zero-order valence-electron chi connectivity index (χ0n) is 9.37. The topological polar surface area (TPSA) is 51.8 Å². The summed E-state index contributed by atoms with van der Waals surface area (Å²) in [4.78, 5) is 0. The van der Waals surface area contributed by atoms with Gasteiger partial charge in [-0.05, 0) is 11.8 Å². The molecule has 1 atom stereocenters. The first-order chi connectivity index (χ1) is 8.33. The molecule has 0 aliphatic carbocycles. The molecule has 3 nitrogen and oxygen atoms in total. The lowest BCUT2D eigenvalue weighted by Crippen LogP contribution is -2.08. The van der Waals surface area contributed by atoms with Crippen LogP contribution in [0.2, 0.25) is 0 Å². The van der Waals surface area contributed by atoms with Crippen LogP contribution >= 0.6 is 34.9 Å². The smallest absolute Gasteiger partial charge is 0.175 e. The van der Waals surface area contributed by atoms with E-state index in [1.54, 1.807) is 34.9 Å². The fourth-order valence-electron chi connectivity index (χ4n) is 1.37. The number of hydrogen-bond donors (Lipinski definition) is 1. The van der Waals surface area contributed by atoms with E-state index in [1.807, 2.05) is 24.5 Å². The van der Waals surface area contributed by atoms with E-state index in [9.17, 15) is 0 Å². The van der Waals surface area contributed by atoms with Crippen molar-refractivity contribution in [2.75, 3.05) is 12.8 Å². The van der Waals surface area contributed by atoms with E-state index in [1.165, 1.54) is 5.56 Å². The van der Waals surface area contributed by atoms with E-state index in [2.05, 4.69) is 22.3 Å². The molecule has 0 amide bonds. The largest absolute Gasteiger partial charge is 0.329 e. The Morgan fingerprint density at radius 3 is 2.53 bits per heavy atom. The van der Waals surface area contributed by atoms with Gasteiger partial charge in [0.1, 0.15) is 0 Å². The minimum Gasteiger partial charge on any atom is -0.329 e. The third kappa shape index (κ3) is 3.45. The van der Waals surface area contributed by atoms with Crippen LogP contribution in [0.5, 0.6) is 0 Å². The number of aromatic nitrogens is 2. The molecule has 0 spiro atoms. The van der Waals surface area contributed by atoms with Gasteiger partial charge >= 0.3 is 0 Å². The van der Waals surface area contributed by atoms with Crippen molar-refractivity contribution in [1.82, 2.24) is 10.2 Å². The molecule has 0 saturated heterocycles. The van der Waals surface area contributed by atoms with Gasteiger partial charge in [-0.3, -0.25) is 0 Å². The van der Waals surface area contributed by atoms with Gasteiger partial charge in [-0.25, -0.2) is 0 Å². The highest BCUT2D eigenvalue weighted by Crippen LogP contribution is 2.37. The quantitative estimate of drug-likeness (QED) is 0.855. The van der Waals surface area contributed by atoms with Crippen LogP contribution < -0.4 is 5.73 Å². The molecule has 1 aromatic carbocycles. The molecule has 90 valence electrons. The lowest BCUT2D eigenvalue weighted by molar-refractivity contribution is 0.921. The van der Waals surface area contributed by atoms with Gasteiger partial charge in [0.2, 0.25) is 0 Å². The summed E-state index contributed by atoms with van der Waals surface area (Å²) in [5.41, 5.74) is 7.06. The van der Waals surface area contributed by atoms with Gasteiger partial charge in [-0.2, -0.15) is 0 Å². The van der Waals surface area contributed by atoms with Crippen molar-refractivity contribution in [1.29, 1.82) is 0 Å². The molecule has 0 aliphatic heterocycles. The molecular weight excluding hydrogens is 270 g/mol. The second-order valence-electron chi connectivity index (χ2n) is 3.29. The zero-order chi connectivity index (χ0) is 12.1. The van der Waals surface area contributed by atoms with Crippen molar-refractivity contribution < 1.29 is 0 Å². The molecule has 0 radical (unpaired) electrons. The third-order valence-corrected chi connectivity index (χ3v) is 5.46. The molecule has 1 unspecified atom stereocenters. The molecule has 0 aliphatic rings. The van der Waals surface area contributed by atoms with Gasteiger partial charge in [-0.15, -0.1) is 10.2 Å². The summed E-state index contributed by atoms with van der Waals surface area (Å²) in [6.45, 7) is 0.600. The summed E-state index contributed by atoms with van der Waals surface area (Å²) in [7, 11) is 0. The second kappa shape index (κ2) is 6.39. The van der Waals surface area contributed by atoms with E-state index < -0.39 is 0 Å². The van der Waals surface area contributed by atoms with Crippen molar-refractivity contribution in [2.45, 2.75) is 13.9 Å². The van der Waals surface area contributed by atoms with Crippen molar-refractivity contribution in [2.24, 2.45) is 5.73 Å². The normalized spacial score (nSPS) is 12.6. The van der Waals surface area contributed by atoms with Crippen LogP contribution in [0.25, 0.3) is 0 Å². The highest BCUT2D eigenvalue weighted by atomic mass is 32.2. The Labute approximate surface area is 113 Å². The average Bonchev–Trinajstić information content (AvgIpc) is 2.84. The van der Waals surface area contributed by atoms with E-state index in [-0.39, 0.29) is 5.25 Å². The maximum absolute atomic E-state index is 5.82. The fraction of sp³-hybridized carbons (Fsp3) is 0.273. The van der Waals surface area contributed by atoms with Crippen LogP contribution in [0.3, 0.4) is 0 Å². The van der Waals surface area contributed by atoms with Crippen LogP contribution in [0.4, 0.5) is 0 Å². The molecule has 1 heterocycles. The Balaban J connectivity index is 2.10. The summed E-state index contributed by atoms with van der Waals surface area (Å²) >= 11 is 4.92. The summed E-state index contributed by atoms with van der Waals surface area (Å²) in [6.07, 6.45) is 2.01. The van der Waals surface area contributed by atoms with Gasteiger partial charge in [0, 0.05) is 11.8 Å². The first kappa shape index (κ1) is 12.9. The second-order valence-corrected chi connectivity index (χ2v) is 6.77. The predicted molar refractivity (Wildman–Crippen MR) is 75.8 cm³/mol. The summed E-state index contributed by atoms with van der Waals surface area (Å²) in [6, 6.07) is 10.3. The summed E-state index contributed by atoms with van der Waals surface area (Å²) in [5.74, 6) is 0. The van der Waals surface area contributed by atoms with Crippen LogP contribution in [0.15, 0.2) is 39.0 Å². The van der Waals surface area contributed by atoms with Crippen LogP contribution in [0, 0.1) is 0 Å². The van der Waals surface area contributed by atoms with E-state index in [0.29, 0.717) is 6.54 Å². The SMILES string of the molecule is CSc1nnc(SC(CN)c2ccccc2)s1. The number of nitrogens with zero attached hydrogens (tertiary/aromatic N) is 2. The summed E-state index contributed by atoms with van der Waals surface area (Å²) in [5, 5.41) is 8.49. The van der Waals surface area contributed by atoms with Crippen molar-refractivity contribution >= 4 is 34.9 Å². The highest BCUT2D eigenvalue weighted by Gasteiger charge is 2.14. The van der Waals surface area contributed by atoms with Crippen LogP contribution in [-0.2, 0) is 0 Å². The van der Waals surface area contributed by atoms with Gasteiger partial charge in [0.25, 0.3) is 0 Å². The average molecular weight is 283 g/mol. The van der Waals surface area contributed by atoms with E-state index >= 15 is 0 Å². The molecule has 0 fully saturated rings. The lowest BCUT2D eigenvalue weighted by Gasteiger charge is -2.12. The van der Waals surface area contributed by atoms with Crippen molar-refractivity contribution in [3.63, 3.8) is 0 Å². The van der Waals surface area contributed by atoms with Crippen molar-refractivity contribution in [3.8, 4) is 0 Å². The Morgan fingerprint density at radius 2 is 1.94 bits per heavy atom. The molecule has 1 aromatic heterocycles. The molecule has 2 aromatic rings. The van der Waals surface area contributed by atoms with Gasteiger partial charge < -0.3 is 5.73 Å². The Bertz CT molecular complexity index is 458. The van der Waals surface area contributed by atoms with Crippen molar-refractivity contribution in [3.05, 3.63) is 35.9 Å². The maximum Gasteiger partial charge on any atom is 0.175 e. The minimum atomic E-state index is 0.249. The summed E-state index contributed by atoms with van der Waals surface area (Å²) < 4.78 is 1.98. The third-order valence-electron chi connectivity index (χ3n) is 2.19. The zero-order valence-corrected chi connectivity index (χ0v) is 11.8. The highest BCUT2D eigenvalue weighted by molar-refractivity contribution is 8.03. The molecule has 0 saturated carbocycles. The number of thioether (sulfide) groups is 2. The molecule has 2 N–H and O–H groups in total. The fourth-order valence-corrected chi connectivity index (χ4v) is 4.03. The number of hydrogen-bond acceptors (Lipinski definition) is 6. The first-order valence-corrected chi connectivity index (χ1v) is 8.04. The Kier molecular flexibility index (Phi) is 4.85. The molecule has 0 bridgehead atoms. The number of rotatable bonds is 5. The van der Waals surface area contributed by atoms with Gasteiger partial charge in [0.15, 0.2) is 8.68 Å². The minimum absolute atomic E-state index is 0.249.